The van der Waals surface area contributed by atoms with Crippen molar-refractivity contribution in [3.63, 3.8) is 0 Å². The number of hydrogen-bond donors (Lipinski definition) is 4. The van der Waals surface area contributed by atoms with Crippen molar-refractivity contribution in [2.24, 2.45) is 0 Å². The summed E-state index contributed by atoms with van der Waals surface area (Å²) < 4.78 is 0. The summed E-state index contributed by atoms with van der Waals surface area (Å²) in [4.78, 5) is 27.3. The van der Waals surface area contributed by atoms with Crippen molar-refractivity contribution in [3.8, 4) is 0 Å². The van der Waals surface area contributed by atoms with Crippen molar-refractivity contribution < 1.29 is 19.4 Å². The molecule has 0 bridgehead atoms. The smallest absolute Gasteiger partial charge is 0.279 e. The minimum atomic E-state index is 0.0478. The van der Waals surface area contributed by atoms with Crippen molar-refractivity contribution in [2.75, 3.05) is 49.9 Å². The normalized spacial score (nSPS) is 18.8. The quantitative estimate of drug-likeness (QED) is 0.529. The number of piperazine rings is 1. The fraction of sp³-hybridized carbons (Fsp3) is 0.391. The molecule has 154 valence electrons. The van der Waals surface area contributed by atoms with E-state index in [1.54, 1.807) is 0 Å². The molecule has 1 aliphatic rings. The van der Waals surface area contributed by atoms with Crippen molar-refractivity contribution >= 4 is 23.2 Å². The van der Waals surface area contributed by atoms with E-state index in [4.69, 9.17) is 0 Å². The van der Waals surface area contributed by atoms with Gasteiger partial charge in [-0.2, -0.15) is 0 Å². The van der Waals surface area contributed by atoms with Crippen LogP contribution in [0.25, 0.3) is 0 Å². The number of quaternary nitrogens is 2. The minimum Gasteiger partial charge on any atom is -0.321 e. The first kappa shape index (κ1) is 21.0. The summed E-state index contributed by atoms with van der Waals surface area (Å²) in [6.07, 6.45) is 0.899. The highest BCUT2D eigenvalue weighted by molar-refractivity contribution is 5.92. The lowest BCUT2D eigenvalue weighted by Crippen LogP contribution is -3.28. The summed E-state index contributed by atoms with van der Waals surface area (Å²) in [6, 6.07) is 15.8. The molecule has 3 rings (SSSR count). The van der Waals surface area contributed by atoms with Crippen LogP contribution in [0.4, 0.5) is 11.4 Å². The molecule has 1 saturated heterocycles. The Kier molecular flexibility index (Phi) is 7.38. The molecule has 0 unspecified atom stereocenters. The lowest BCUT2D eigenvalue weighted by Gasteiger charge is -2.29. The van der Waals surface area contributed by atoms with Gasteiger partial charge in [0, 0.05) is 11.4 Å². The third-order valence-corrected chi connectivity index (χ3v) is 5.58. The number of nitrogens with one attached hydrogen (secondary N) is 4. The highest BCUT2D eigenvalue weighted by Gasteiger charge is 2.26. The summed E-state index contributed by atoms with van der Waals surface area (Å²) in [5, 5.41) is 6.06. The Hall–Kier alpha value is -2.70. The zero-order chi connectivity index (χ0) is 20.6. The number of anilines is 2. The van der Waals surface area contributed by atoms with Crippen LogP contribution in [0.5, 0.6) is 0 Å². The van der Waals surface area contributed by atoms with E-state index >= 15 is 0 Å². The zero-order valence-electron chi connectivity index (χ0n) is 17.4. The second-order valence-electron chi connectivity index (χ2n) is 7.78. The van der Waals surface area contributed by atoms with Gasteiger partial charge in [0.1, 0.15) is 26.2 Å². The third-order valence-electron chi connectivity index (χ3n) is 5.58. The van der Waals surface area contributed by atoms with Crippen LogP contribution in [0.3, 0.4) is 0 Å². The molecule has 4 N–H and O–H groups in total. The molecule has 6 nitrogen and oxygen atoms in total. The predicted molar refractivity (Wildman–Crippen MR) is 115 cm³/mol. The Labute approximate surface area is 172 Å². The highest BCUT2D eigenvalue weighted by atomic mass is 16.2. The van der Waals surface area contributed by atoms with Gasteiger partial charge in [-0.1, -0.05) is 43.3 Å². The van der Waals surface area contributed by atoms with E-state index in [0.717, 1.165) is 55.1 Å². The van der Waals surface area contributed by atoms with E-state index in [0.29, 0.717) is 13.1 Å². The predicted octanol–water partition coefficient (Wildman–Crippen LogP) is -0.0820. The van der Waals surface area contributed by atoms with E-state index in [2.05, 4.69) is 17.6 Å². The van der Waals surface area contributed by atoms with Crippen LogP contribution in [-0.4, -0.2) is 51.1 Å². The number of hydrogen-bond acceptors (Lipinski definition) is 2. The van der Waals surface area contributed by atoms with Gasteiger partial charge in [0.2, 0.25) is 0 Å². The summed E-state index contributed by atoms with van der Waals surface area (Å²) >= 11 is 0. The fourth-order valence-corrected chi connectivity index (χ4v) is 3.82. The lowest BCUT2D eigenvalue weighted by molar-refractivity contribution is -1.00. The monoisotopic (exact) mass is 396 g/mol. The molecule has 2 amide bonds. The Morgan fingerprint density at radius 1 is 0.793 bits per heavy atom. The van der Waals surface area contributed by atoms with Crippen LogP contribution in [0.15, 0.2) is 48.5 Å². The topological polar surface area (TPSA) is 67.1 Å². The number of carbonyl (C=O) groups is 2. The standard InChI is InChI=1S/C23H30N4O2/c1-3-19-9-5-7-11-21(19)25-23(29)17-27-14-12-26(13-15-27)16-22(28)24-20-10-6-4-8-18(20)2/h4-11H,3,12-17H2,1-2H3,(H,24,28)(H,25,29)/p+2. The zero-order valence-corrected chi connectivity index (χ0v) is 17.4. The summed E-state index contributed by atoms with van der Waals surface area (Å²) in [5.74, 6) is 0.105. The first-order valence-corrected chi connectivity index (χ1v) is 10.5. The van der Waals surface area contributed by atoms with Gasteiger partial charge in [0.25, 0.3) is 11.8 Å². The van der Waals surface area contributed by atoms with Crippen LogP contribution in [0.1, 0.15) is 18.1 Å². The summed E-state index contributed by atoms with van der Waals surface area (Å²) in [6.45, 7) is 8.62. The number of amides is 2. The Morgan fingerprint density at radius 2 is 1.28 bits per heavy atom. The first-order chi connectivity index (χ1) is 14.0. The maximum atomic E-state index is 12.4. The molecule has 2 aromatic carbocycles. The molecule has 29 heavy (non-hydrogen) atoms. The number of carbonyl (C=O) groups excluding carboxylic acids is 2. The van der Waals surface area contributed by atoms with Crippen molar-refractivity contribution in [3.05, 3.63) is 59.7 Å². The Morgan fingerprint density at radius 3 is 1.83 bits per heavy atom. The average Bonchev–Trinajstić information content (AvgIpc) is 2.71. The van der Waals surface area contributed by atoms with E-state index in [1.807, 2.05) is 55.5 Å². The molecular formula is C23H32N4O2+2. The molecule has 0 aliphatic carbocycles. The van der Waals surface area contributed by atoms with Crippen LogP contribution >= 0.6 is 0 Å². The number of benzene rings is 2. The number of aryl methyl sites for hydroxylation is 2. The molecule has 0 saturated carbocycles. The largest absolute Gasteiger partial charge is 0.321 e. The fourth-order valence-electron chi connectivity index (χ4n) is 3.82. The molecule has 0 radical (unpaired) electrons. The van der Waals surface area contributed by atoms with Gasteiger partial charge in [0.05, 0.1) is 0 Å². The molecule has 1 fully saturated rings. The first-order valence-electron chi connectivity index (χ1n) is 10.5. The highest BCUT2D eigenvalue weighted by Crippen LogP contribution is 2.15. The second-order valence-corrected chi connectivity index (χ2v) is 7.78. The van der Waals surface area contributed by atoms with Gasteiger partial charge in [-0.05, 0) is 36.6 Å². The number of para-hydroxylation sites is 2. The number of rotatable bonds is 7. The van der Waals surface area contributed by atoms with Crippen LogP contribution in [0, 0.1) is 6.92 Å². The lowest BCUT2D eigenvalue weighted by atomic mass is 10.1. The molecule has 0 aromatic heterocycles. The second kappa shape index (κ2) is 10.2. The van der Waals surface area contributed by atoms with Gasteiger partial charge in [-0.25, -0.2) is 0 Å². The van der Waals surface area contributed by atoms with Crippen molar-refractivity contribution in [1.82, 2.24) is 0 Å². The van der Waals surface area contributed by atoms with E-state index in [1.165, 1.54) is 9.80 Å². The van der Waals surface area contributed by atoms with Gasteiger partial charge in [-0.15, -0.1) is 0 Å². The molecule has 0 spiro atoms. The summed E-state index contributed by atoms with van der Waals surface area (Å²) in [5.41, 5.74) is 4.02. The van der Waals surface area contributed by atoms with Crippen LogP contribution in [0.2, 0.25) is 0 Å². The van der Waals surface area contributed by atoms with E-state index < -0.39 is 0 Å². The van der Waals surface area contributed by atoms with Crippen molar-refractivity contribution in [1.29, 1.82) is 0 Å². The van der Waals surface area contributed by atoms with Gasteiger partial charge >= 0.3 is 0 Å². The summed E-state index contributed by atoms with van der Waals surface area (Å²) in [7, 11) is 0. The maximum absolute atomic E-state index is 12.4. The molecule has 0 atom stereocenters. The SMILES string of the molecule is CCc1ccccc1NC(=O)C[NH+]1CC[NH+](CC(=O)Nc2ccccc2C)CC1. The Balaban J connectivity index is 1.41. The molecular weight excluding hydrogens is 364 g/mol. The van der Waals surface area contributed by atoms with Crippen molar-refractivity contribution in [2.45, 2.75) is 20.3 Å². The average molecular weight is 397 g/mol. The van der Waals surface area contributed by atoms with Gasteiger partial charge in [0.15, 0.2) is 13.1 Å². The molecule has 2 aromatic rings. The maximum Gasteiger partial charge on any atom is 0.279 e. The van der Waals surface area contributed by atoms with E-state index in [9.17, 15) is 9.59 Å². The van der Waals surface area contributed by atoms with Crippen LogP contribution in [-0.2, 0) is 16.0 Å². The van der Waals surface area contributed by atoms with Crippen LogP contribution < -0.4 is 20.4 Å². The molecule has 1 heterocycles. The molecule has 6 heteroatoms. The molecule has 1 aliphatic heterocycles. The van der Waals surface area contributed by atoms with Gasteiger partial charge < -0.3 is 20.4 Å². The van der Waals surface area contributed by atoms with E-state index in [-0.39, 0.29) is 11.8 Å². The third kappa shape index (κ3) is 6.14. The minimum absolute atomic E-state index is 0.0478. The van der Waals surface area contributed by atoms with Gasteiger partial charge in [-0.3, -0.25) is 9.59 Å². The Bertz CT molecular complexity index is 844.